The number of benzene rings is 1. The molecule has 2 N–H and O–H groups in total. The van der Waals surface area contributed by atoms with Gasteiger partial charge in [0, 0.05) is 55.6 Å². The summed E-state index contributed by atoms with van der Waals surface area (Å²) in [6.07, 6.45) is 2.22. The van der Waals surface area contributed by atoms with E-state index in [9.17, 15) is 0 Å². The molecule has 2 heterocycles. The summed E-state index contributed by atoms with van der Waals surface area (Å²) in [5, 5.41) is 11.4. The van der Waals surface area contributed by atoms with E-state index in [0.717, 1.165) is 55.3 Å². The van der Waals surface area contributed by atoms with E-state index in [1.807, 2.05) is 14.0 Å². The van der Waals surface area contributed by atoms with Crippen molar-refractivity contribution in [2.24, 2.45) is 10.9 Å². The molecule has 0 aliphatic carbocycles. The number of aliphatic imine (C=N–C) groups is 1. The van der Waals surface area contributed by atoms with Gasteiger partial charge in [0.15, 0.2) is 5.96 Å². The molecular formula is C21H32BrIN6. The number of rotatable bonds is 7. The van der Waals surface area contributed by atoms with Crippen LogP contribution in [0, 0.1) is 19.8 Å². The normalized spacial score (nSPS) is 16.6. The summed E-state index contributed by atoms with van der Waals surface area (Å²) in [5.41, 5.74) is 3.59. The van der Waals surface area contributed by atoms with Gasteiger partial charge in [0.2, 0.25) is 0 Å². The molecule has 1 saturated heterocycles. The van der Waals surface area contributed by atoms with E-state index in [2.05, 4.69) is 83.5 Å². The number of hydrogen-bond donors (Lipinski definition) is 2. The third kappa shape index (κ3) is 7.16. The molecule has 2 aromatic rings. The summed E-state index contributed by atoms with van der Waals surface area (Å²) in [4.78, 5) is 6.82. The molecule has 0 spiro atoms. The lowest BCUT2D eigenvalue weighted by atomic mass is 10.1. The number of hydrogen-bond acceptors (Lipinski definition) is 3. The highest BCUT2D eigenvalue weighted by Crippen LogP contribution is 2.25. The Morgan fingerprint density at radius 1 is 1.28 bits per heavy atom. The van der Waals surface area contributed by atoms with Gasteiger partial charge >= 0.3 is 0 Å². The smallest absolute Gasteiger partial charge is 0.190 e. The second-order valence-corrected chi connectivity index (χ2v) is 8.38. The maximum atomic E-state index is 4.51. The first-order chi connectivity index (χ1) is 13.5. The van der Waals surface area contributed by atoms with E-state index in [4.69, 9.17) is 0 Å². The van der Waals surface area contributed by atoms with Gasteiger partial charge in [-0.05, 0) is 56.9 Å². The van der Waals surface area contributed by atoms with Crippen LogP contribution in [0.1, 0.15) is 24.2 Å². The fourth-order valence-electron chi connectivity index (χ4n) is 3.71. The van der Waals surface area contributed by atoms with Crippen molar-refractivity contribution < 1.29 is 0 Å². The molecule has 0 saturated carbocycles. The number of nitrogens with one attached hydrogen (secondary N) is 2. The predicted octanol–water partition coefficient (Wildman–Crippen LogP) is 3.96. The Morgan fingerprint density at radius 3 is 2.79 bits per heavy atom. The third-order valence-corrected chi connectivity index (χ3v) is 5.68. The van der Waals surface area contributed by atoms with E-state index in [1.54, 1.807) is 0 Å². The zero-order chi connectivity index (χ0) is 19.9. The second kappa shape index (κ2) is 11.8. The van der Waals surface area contributed by atoms with Gasteiger partial charge in [0.1, 0.15) is 0 Å². The molecular weight excluding hydrogens is 543 g/mol. The monoisotopic (exact) mass is 574 g/mol. The molecule has 0 amide bonds. The van der Waals surface area contributed by atoms with Crippen LogP contribution in [-0.2, 0) is 6.54 Å². The highest BCUT2D eigenvalue weighted by atomic mass is 127. The van der Waals surface area contributed by atoms with Gasteiger partial charge < -0.3 is 15.5 Å². The Balaban J connectivity index is 0.00000300. The summed E-state index contributed by atoms with van der Waals surface area (Å²) in [7, 11) is 1.83. The van der Waals surface area contributed by atoms with Crippen LogP contribution in [0.15, 0.2) is 39.8 Å². The molecule has 6 nitrogen and oxygen atoms in total. The largest absolute Gasteiger partial charge is 0.371 e. The van der Waals surface area contributed by atoms with Gasteiger partial charge in [-0.25, -0.2) is 0 Å². The highest BCUT2D eigenvalue weighted by Gasteiger charge is 2.22. The number of anilines is 1. The Labute approximate surface area is 199 Å². The fraction of sp³-hybridized carbons (Fsp3) is 0.524. The van der Waals surface area contributed by atoms with Crippen molar-refractivity contribution in [3.05, 3.63) is 46.2 Å². The molecule has 1 atom stereocenters. The average molecular weight is 575 g/mol. The van der Waals surface area contributed by atoms with Crippen LogP contribution in [0.5, 0.6) is 0 Å². The number of halogens is 2. The fourth-order valence-corrected chi connectivity index (χ4v) is 4.09. The molecule has 1 aliphatic rings. The maximum Gasteiger partial charge on any atom is 0.190 e. The van der Waals surface area contributed by atoms with Gasteiger partial charge in [-0.3, -0.25) is 9.67 Å². The molecule has 3 rings (SSSR count). The van der Waals surface area contributed by atoms with Crippen molar-refractivity contribution in [2.75, 3.05) is 38.1 Å². The van der Waals surface area contributed by atoms with Crippen LogP contribution < -0.4 is 15.5 Å². The standard InChI is InChI=1S/C21H31BrN6.HI/c1-16-12-17(2)28(26-16)10-5-9-24-21(23-3)25-14-18-8-11-27(15-18)20-7-4-6-19(22)13-20;/h4,6-7,12-13,18H,5,8-11,14-15H2,1-3H3,(H2,23,24,25);1H. The van der Waals surface area contributed by atoms with E-state index in [1.165, 1.54) is 17.8 Å². The van der Waals surface area contributed by atoms with E-state index in [-0.39, 0.29) is 24.0 Å². The van der Waals surface area contributed by atoms with Crippen LogP contribution in [0.3, 0.4) is 0 Å². The topological polar surface area (TPSA) is 57.5 Å². The molecule has 29 heavy (non-hydrogen) atoms. The molecule has 1 aliphatic heterocycles. The van der Waals surface area contributed by atoms with E-state index < -0.39 is 0 Å². The number of nitrogens with zero attached hydrogens (tertiary/aromatic N) is 4. The predicted molar refractivity (Wildman–Crippen MR) is 136 cm³/mol. The Kier molecular flexibility index (Phi) is 9.74. The van der Waals surface area contributed by atoms with Crippen molar-refractivity contribution in [3.63, 3.8) is 0 Å². The minimum Gasteiger partial charge on any atom is -0.371 e. The quantitative estimate of drug-likeness (QED) is 0.227. The molecule has 0 radical (unpaired) electrons. The Bertz CT molecular complexity index is 806. The Morgan fingerprint density at radius 2 is 2.10 bits per heavy atom. The minimum atomic E-state index is 0. The number of guanidine groups is 1. The van der Waals surface area contributed by atoms with Crippen LogP contribution >= 0.6 is 39.9 Å². The van der Waals surface area contributed by atoms with Crippen molar-refractivity contribution in [3.8, 4) is 0 Å². The molecule has 0 bridgehead atoms. The third-order valence-electron chi connectivity index (χ3n) is 5.18. The zero-order valence-electron chi connectivity index (χ0n) is 17.5. The van der Waals surface area contributed by atoms with Crippen molar-refractivity contribution in [2.45, 2.75) is 33.2 Å². The molecule has 1 fully saturated rings. The first kappa shape index (κ1) is 24.0. The molecule has 1 unspecified atom stereocenters. The first-order valence-electron chi connectivity index (χ1n) is 10.0. The average Bonchev–Trinajstić information content (AvgIpc) is 3.27. The summed E-state index contributed by atoms with van der Waals surface area (Å²) >= 11 is 3.56. The van der Waals surface area contributed by atoms with Crippen LogP contribution in [-0.4, -0.2) is 49.0 Å². The van der Waals surface area contributed by atoms with Crippen LogP contribution in [0.4, 0.5) is 5.69 Å². The van der Waals surface area contributed by atoms with Crippen molar-refractivity contribution >= 4 is 51.6 Å². The molecule has 160 valence electrons. The van der Waals surface area contributed by atoms with Gasteiger partial charge in [-0.2, -0.15) is 5.10 Å². The second-order valence-electron chi connectivity index (χ2n) is 7.46. The van der Waals surface area contributed by atoms with Crippen molar-refractivity contribution in [1.29, 1.82) is 0 Å². The Hall–Kier alpha value is -1.29. The van der Waals surface area contributed by atoms with E-state index in [0.29, 0.717) is 5.92 Å². The highest BCUT2D eigenvalue weighted by molar-refractivity contribution is 14.0. The summed E-state index contributed by atoms with van der Waals surface area (Å²) < 4.78 is 3.21. The van der Waals surface area contributed by atoms with Crippen molar-refractivity contribution in [1.82, 2.24) is 20.4 Å². The van der Waals surface area contributed by atoms with Crippen LogP contribution in [0.2, 0.25) is 0 Å². The molecule has 1 aromatic heterocycles. The van der Waals surface area contributed by atoms with Gasteiger partial charge in [0.25, 0.3) is 0 Å². The lowest BCUT2D eigenvalue weighted by Crippen LogP contribution is -2.40. The first-order valence-corrected chi connectivity index (χ1v) is 10.8. The zero-order valence-corrected chi connectivity index (χ0v) is 21.4. The van der Waals surface area contributed by atoms with Gasteiger partial charge in [-0.1, -0.05) is 22.0 Å². The number of aromatic nitrogens is 2. The van der Waals surface area contributed by atoms with Gasteiger partial charge in [-0.15, -0.1) is 24.0 Å². The summed E-state index contributed by atoms with van der Waals surface area (Å²) in [5.74, 6) is 1.52. The SMILES string of the molecule is CN=C(NCCCn1nc(C)cc1C)NCC1CCN(c2cccc(Br)c2)C1.I. The van der Waals surface area contributed by atoms with Crippen LogP contribution in [0.25, 0.3) is 0 Å². The number of aryl methyl sites for hydroxylation is 3. The maximum absolute atomic E-state index is 4.51. The lowest BCUT2D eigenvalue weighted by Gasteiger charge is -2.19. The lowest BCUT2D eigenvalue weighted by molar-refractivity contribution is 0.545. The summed E-state index contributed by atoms with van der Waals surface area (Å²) in [6.45, 7) is 9.08. The molecule has 1 aromatic carbocycles. The summed E-state index contributed by atoms with van der Waals surface area (Å²) in [6, 6.07) is 10.7. The van der Waals surface area contributed by atoms with E-state index >= 15 is 0 Å². The molecule has 8 heteroatoms. The van der Waals surface area contributed by atoms with Gasteiger partial charge in [0.05, 0.1) is 5.69 Å². The minimum absolute atomic E-state index is 0.